The summed E-state index contributed by atoms with van der Waals surface area (Å²) < 4.78 is 2.60. The molecule has 0 radical (unpaired) electrons. The highest BCUT2D eigenvalue weighted by atomic mass is 32.1. The van der Waals surface area contributed by atoms with Gasteiger partial charge in [0.15, 0.2) is 23.1 Å². The van der Waals surface area contributed by atoms with Crippen LogP contribution in [0.5, 0.6) is 0 Å². The van der Waals surface area contributed by atoms with Crippen LogP contribution in [0, 0.1) is 11.8 Å². The molecular formula is C88H110O4S6. The van der Waals surface area contributed by atoms with Gasteiger partial charge in [-0.2, -0.15) is 0 Å². The van der Waals surface area contributed by atoms with Crippen LogP contribution >= 0.6 is 68.0 Å². The van der Waals surface area contributed by atoms with E-state index in [2.05, 4.69) is 90.1 Å². The quantitative estimate of drug-likeness (QED) is 0.0282. The van der Waals surface area contributed by atoms with Crippen LogP contribution in [0.4, 0.5) is 0 Å². The number of fused-ring (bicyclic) bond motifs is 4. The van der Waals surface area contributed by atoms with Crippen molar-refractivity contribution < 1.29 is 19.2 Å². The molecular weight excluding hydrogens is 1310 g/mol. The molecule has 2 aliphatic carbocycles. The molecule has 0 aliphatic heterocycles. The highest BCUT2D eigenvalue weighted by Crippen LogP contribution is 2.57. The molecule has 98 heavy (non-hydrogen) atoms. The van der Waals surface area contributed by atoms with E-state index in [4.69, 9.17) is 0 Å². The summed E-state index contributed by atoms with van der Waals surface area (Å²) in [5, 5.41) is 2.56. The van der Waals surface area contributed by atoms with Gasteiger partial charge >= 0.3 is 0 Å². The highest BCUT2D eigenvalue weighted by molar-refractivity contribution is 7.29. The van der Waals surface area contributed by atoms with E-state index in [1.807, 2.05) is 93.9 Å². The first-order valence-corrected chi connectivity index (χ1v) is 43.8. The van der Waals surface area contributed by atoms with Crippen LogP contribution in [0.1, 0.15) is 331 Å². The van der Waals surface area contributed by atoms with Crippen molar-refractivity contribution in [3.8, 4) is 40.4 Å². The predicted octanol–water partition coefficient (Wildman–Crippen LogP) is 29.4. The SMILES string of the molecule is CCCCCCCCC(CCCCCC)Cc1ccc(-c2c3cc(-c4sc(C5C(=O)c6ccccc6C5=O)cc4CCCCCC)sc3c(-c3ccc(CC(CCCCCC)CCCCCCCC)s3)c3cc(-c4sc(C5C(=O)c6ccccc6C5=O)cc4CCCCCC)sc23)s1. The Morgan fingerprint density at radius 2 is 0.622 bits per heavy atom. The van der Waals surface area contributed by atoms with Gasteiger partial charge in [-0.1, -0.05) is 283 Å². The van der Waals surface area contributed by atoms with Gasteiger partial charge in [0.2, 0.25) is 0 Å². The summed E-state index contributed by atoms with van der Waals surface area (Å²) in [4.78, 5) is 69.9. The molecule has 6 heterocycles. The zero-order valence-electron chi connectivity index (χ0n) is 60.1. The van der Waals surface area contributed by atoms with Gasteiger partial charge in [-0.3, -0.25) is 19.2 Å². The Bertz CT molecular complexity index is 3690. The fourth-order valence-electron chi connectivity index (χ4n) is 15.8. The summed E-state index contributed by atoms with van der Waals surface area (Å²) in [6.45, 7) is 13.8. The van der Waals surface area contributed by atoms with E-state index in [1.165, 1.54) is 248 Å². The maximum Gasteiger partial charge on any atom is 0.179 e. The standard InChI is InChI=1S/C88H110O4S6/c1-7-13-19-25-27-31-41-59(39-29-21-15-9-3)53-63-49-51-71(93-63)77-69-57-75(85-61(43-33-23-17-11-5)55-73(95-85)79-81(89)65-45-35-36-46-66(65)82(79)90)98-88(69)78(72-52-50-64(94-72)54-60(40-30-22-16-10-4)42-32-28-26-20-14-8-2)70-58-76(97-87(70)77)86-62(44-34-24-18-12-6)56-74(96-86)80-83(91)67-47-37-38-48-68(67)84(80)92/h35-38,45-52,55-60,79-80H,7-34,39-44,53-54H2,1-6H3. The van der Waals surface area contributed by atoms with E-state index in [0.29, 0.717) is 34.1 Å². The third-order valence-corrected chi connectivity index (χ3v) is 28.8. The van der Waals surface area contributed by atoms with E-state index in [-0.39, 0.29) is 23.1 Å². The molecule has 0 saturated carbocycles. The van der Waals surface area contributed by atoms with Crippen molar-refractivity contribution in [2.24, 2.45) is 11.8 Å². The third kappa shape index (κ3) is 17.9. The van der Waals surface area contributed by atoms with Crippen molar-refractivity contribution in [3.63, 3.8) is 0 Å². The average Bonchev–Trinajstić information content (AvgIpc) is 1.55. The second-order valence-electron chi connectivity index (χ2n) is 29.0. The first-order valence-electron chi connectivity index (χ1n) is 38.9. The Morgan fingerprint density at radius 3 is 0.959 bits per heavy atom. The minimum Gasteiger partial charge on any atom is -0.293 e. The fraction of sp³-hybridized carbons (Fsp3) is 0.523. The first kappa shape index (κ1) is 74.3. The molecule has 4 nitrogen and oxygen atoms in total. The maximum atomic E-state index is 14.4. The summed E-state index contributed by atoms with van der Waals surface area (Å²) in [5.74, 6) is -0.616. The Labute approximate surface area is 612 Å². The number of carbonyl (C=O) groups excluding carboxylic acids is 4. The zero-order valence-corrected chi connectivity index (χ0v) is 65.0. The van der Waals surface area contributed by atoms with Crippen molar-refractivity contribution in [3.05, 3.63) is 150 Å². The van der Waals surface area contributed by atoms with Crippen molar-refractivity contribution in [2.45, 2.75) is 285 Å². The van der Waals surface area contributed by atoms with E-state index in [0.717, 1.165) is 74.0 Å². The van der Waals surface area contributed by atoms with E-state index >= 15 is 0 Å². The monoisotopic (exact) mass is 1420 g/mol. The van der Waals surface area contributed by atoms with Gasteiger partial charge < -0.3 is 0 Å². The molecule has 10 heteroatoms. The summed E-state index contributed by atoms with van der Waals surface area (Å²) >= 11 is 11.3. The van der Waals surface area contributed by atoms with Crippen LogP contribution in [-0.4, -0.2) is 23.1 Å². The van der Waals surface area contributed by atoms with E-state index in [9.17, 15) is 19.2 Å². The van der Waals surface area contributed by atoms with Gasteiger partial charge in [0.25, 0.3) is 0 Å². The molecule has 0 amide bonds. The lowest BCUT2D eigenvalue weighted by atomic mass is 9.91. The molecule has 0 spiro atoms. The minimum atomic E-state index is -0.818. The van der Waals surface area contributed by atoms with Crippen molar-refractivity contribution >= 4 is 111 Å². The number of hydrogen-bond acceptors (Lipinski definition) is 10. The molecule has 0 N–H and O–H groups in total. The van der Waals surface area contributed by atoms with E-state index in [1.54, 1.807) is 22.7 Å². The second kappa shape index (κ2) is 37.3. The molecule has 522 valence electrons. The van der Waals surface area contributed by atoms with Crippen LogP contribution in [0.15, 0.2) is 97.1 Å². The number of carbonyl (C=O) groups is 4. The van der Waals surface area contributed by atoms with Crippen molar-refractivity contribution in [1.29, 1.82) is 0 Å². The van der Waals surface area contributed by atoms with Crippen LogP contribution in [-0.2, 0) is 25.7 Å². The topological polar surface area (TPSA) is 68.3 Å². The summed E-state index contributed by atoms with van der Waals surface area (Å²) in [5.41, 5.74) is 7.31. The lowest BCUT2D eigenvalue weighted by molar-refractivity contribution is 0.0876. The number of hydrogen-bond donors (Lipinski definition) is 0. The number of Topliss-reactive ketones (excluding diaryl/α,β-unsaturated/α-hetero) is 4. The molecule has 3 aromatic carbocycles. The smallest absolute Gasteiger partial charge is 0.179 e. The molecule has 9 aromatic rings. The van der Waals surface area contributed by atoms with Gasteiger partial charge in [-0.15, -0.1) is 68.0 Å². The summed E-state index contributed by atoms with van der Waals surface area (Å²) in [6.07, 6.45) is 44.5. The predicted molar refractivity (Wildman–Crippen MR) is 430 cm³/mol. The number of rotatable bonds is 44. The molecule has 2 atom stereocenters. The van der Waals surface area contributed by atoms with Gasteiger partial charge in [0.1, 0.15) is 11.8 Å². The molecule has 6 aromatic heterocycles. The van der Waals surface area contributed by atoms with Gasteiger partial charge in [0, 0.05) is 102 Å². The summed E-state index contributed by atoms with van der Waals surface area (Å²) in [6, 6.07) is 34.3. The van der Waals surface area contributed by atoms with Crippen LogP contribution in [0.2, 0.25) is 0 Å². The van der Waals surface area contributed by atoms with Gasteiger partial charge in [-0.25, -0.2) is 0 Å². The first-order chi connectivity index (χ1) is 48.1. The lowest BCUT2D eigenvalue weighted by Crippen LogP contribution is -2.11. The molecule has 2 aliphatic rings. The highest BCUT2D eigenvalue weighted by Gasteiger charge is 2.42. The number of thiophene rings is 6. The Morgan fingerprint density at radius 1 is 0.316 bits per heavy atom. The van der Waals surface area contributed by atoms with Crippen LogP contribution in [0.3, 0.4) is 0 Å². The van der Waals surface area contributed by atoms with Crippen LogP contribution < -0.4 is 0 Å². The number of benzene rings is 3. The number of ketones is 4. The minimum absolute atomic E-state index is 0.0752. The molecule has 0 saturated heterocycles. The largest absolute Gasteiger partial charge is 0.293 e. The third-order valence-electron chi connectivity index (χ3n) is 21.4. The number of unbranched alkanes of at least 4 members (excludes halogenated alkanes) is 22. The van der Waals surface area contributed by atoms with Crippen LogP contribution in [0.25, 0.3) is 60.6 Å². The Balaban J connectivity index is 1.10. The van der Waals surface area contributed by atoms with Crippen molar-refractivity contribution in [1.82, 2.24) is 0 Å². The molecule has 0 bridgehead atoms. The van der Waals surface area contributed by atoms with E-state index < -0.39 is 11.8 Å². The maximum absolute atomic E-state index is 14.4. The Hall–Kier alpha value is -4.94. The normalized spacial score (nSPS) is 14.2. The molecule has 11 rings (SSSR count). The zero-order chi connectivity index (χ0) is 68.3. The second-order valence-corrected chi connectivity index (χ2v) is 35.6. The summed E-state index contributed by atoms with van der Waals surface area (Å²) in [7, 11) is 0. The molecule has 0 fully saturated rings. The average molecular weight is 1420 g/mol. The molecule has 2 unspecified atom stereocenters. The van der Waals surface area contributed by atoms with Crippen molar-refractivity contribution in [2.75, 3.05) is 0 Å². The van der Waals surface area contributed by atoms with Gasteiger partial charge in [0.05, 0.1) is 0 Å². The lowest BCUT2D eigenvalue weighted by Gasteiger charge is -2.16. The Kier molecular flexibility index (Phi) is 28.3. The van der Waals surface area contributed by atoms with Gasteiger partial charge in [-0.05, 0) is 110 Å². The fourth-order valence-corrected chi connectivity index (χ4v) is 23.7. The number of aryl methyl sites for hydroxylation is 2.